The lowest BCUT2D eigenvalue weighted by Gasteiger charge is -2.44. The van der Waals surface area contributed by atoms with E-state index in [0.717, 1.165) is 19.6 Å². The van der Waals surface area contributed by atoms with E-state index in [2.05, 4.69) is 11.8 Å². The molecule has 0 bridgehead atoms. The molecule has 1 aromatic carbocycles. The SMILES string of the molecule is CCN1CCC2(CC1)OCC(C(=O)O)N2C(=O)c1ccccc1OC. The molecule has 0 aliphatic carbocycles. The summed E-state index contributed by atoms with van der Waals surface area (Å²) in [6.45, 7) is 4.59. The Morgan fingerprint density at radius 3 is 2.60 bits per heavy atom. The van der Waals surface area contributed by atoms with E-state index in [-0.39, 0.29) is 12.5 Å². The first-order valence-electron chi connectivity index (χ1n) is 8.58. The van der Waals surface area contributed by atoms with Gasteiger partial charge in [0.15, 0.2) is 6.04 Å². The van der Waals surface area contributed by atoms with Crippen LogP contribution in [-0.2, 0) is 9.53 Å². The van der Waals surface area contributed by atoms with Gasteiger partial charge in [-0.15, -0.1) is 0 Å². The monoisotopic (exact) mass is 348 g/mol. The van der Waals surface area contributed by atoms with E-state index >= 15 is 0 Å². The number of piperidine rings is 1. The first kappa shape index (κ1) is 17.7. The van der Waals surface area contributed by atoms with Crippen molar-refractivity contribution in [3.63, 3.8) is 0 Å². The summed E-state index contributed by atoms with van der Waals surface area (Å²) in [5, 5.41) is 9.60. The molecular weight excluding hydrogens is 324 g/mol. The summed E-state index contributed by atoms with van der Waals surface area (Å²) in [6, 6.07) is 5.90. The third-order valence-corrected chi connectivity index (χ3v) is 5.19. The summed E-state index contributed by atoms with van der Waals surface area (Å²) in [4.78, 5) is 28.7. The highest BCUT2D eigenvalue weighted by molar-refractivity contribution is 5.99. The lowest BCUT2D eigenvalue weighted by Crippen LogP contribution is -2.58. The van der Waals surface area contributed by atoms with E-state index in [4.69, 9.17) is 9.47 Å². The van der Waals surface area contributed by atoms with Gasteiger partial charge in [-0.1, -0.05) is 19.1 Å². The Bertz CT molecular complexity index is 655. The van der Waals surface area contributed by atoms with Crippen molar-refractivity contribution in [1.29, 1.82) is 0 Å². The number of amides is 1. The Morgan fingerprint density at radius 2 is 2.00 bits per heavy atom. The molecule has 1 N–H and O–H groups in total. The van der Waals surface area contributed by atoms with Crippen molar-refractivity contribution in [2.24, 2.45) is 0 Å². The summed E-state index contributed by atoms with van der Waals surface area (Å²) in [5.74, 6) is -0.963. The number of para-hydroxylation sites is 1. The molecule has 1 amide bonds. The molecule has 2 aliphatic rings. The molecular formula is C18H24N2O5. The number of carboxylic acid groups (broad SMARTS) is 1. The van der Waals surface area contributed by atoms with Crippen LogP contribution in [0, 0.1) is 0 Å². The molecule has 0 saturated carbocycles. The van der Waals surface area contributed by atoms with Crippen LogP contribution in [0.15, 0.2) is 24.3 Å². The minimum absolute atomic E-state index is 0.0162. The van der Waals surface area contributed by atoms with Crippen molar-refractivity contribution in [2.45, 2.75) is 31.5 Å². The summed E-state index contributed by atoms with van der Waals surface area (Å²) in [5.41, 5.74) is -0.494. The maximum atomic E-state index is 13.3. The number of carboxylic acids is 1. The molecule has 2 aliphatic heterocycles. The molecule has 1 spiro atoms. The quantitative estimate of drug-likeness (QED) is 0.887. The van der Waals surface area contributed by atoms with Crippen molar-refractivity contribution < 1.29 is 24.2 Å². The first-order chi connectivity index (χ1) is 12.0. The van der Waals surface area contributed by atoms with Crippen molar-refractivity contribution in [3.8, 4) is 5.75 Å². The van der Waals surface area contributed by atoms with Crippen LogP contribution >= 0.6 is 0 Å². The zero-order valence-corrected chi connectivity index (χ0v) is 14.6. The van der Waals surface area contributed by atoms with Gasteiger partial charge in [-0.3, -0.25) is 9.69 Å². The fraction of sp³-hybridized carbons (Fsp3) is 0.556. The second-order valence-electron chi connectivity index (χ2n) is 6.42. The maximum absolute atomic E-state index is 13.3. The number of ether oxygens (including phenoxy) is 2. The predicted octanol–water partition coefficient (Wildman–Crippen LogP) is 1.43. The highest BCUT2D eigenvalue weighted by Crippen LogP contribution is 2.39. The molecule has 1 aromatic rings. The first-order valence-corrected chi connectivity index (χ1v) is 8.58. The molecule has 136 valence electrons. The Kier molecular flexibility index (Phi) is 4.96. The van der Waals surface area contributed by atoms with E-state index in [1.165, 1.54) is 12.0 Å². The van der Waals surface area contributed by atoms with Gasteiger partial charge < -0.3 is 19.5 Å². The lowest BCUT2D eigenvalue weighted by molar-refractivity contribution is -0.143. The van der Waals surface area contributed by atoms with E-state index in [1.807, 2.05) is 0 Å². The maximum Gasteiger partial charge on any atom is 0.328 e. The van der Waals surface area contributed by atoms with Crippen molar-refractivity contribution >= 4 is 11.9 Å². The van der Waals surface area contributed by atoms with Crippen LogP contribution in [0.25, 0.3) is 0 Å². The highest BCUT2D eigenvalue weighted by Gasteiger charge is 2.54. The zero-order valence-electron chi connectivity index (χ0n) is 14.6. The van der Waals surface area contributed by atoms with Gasteiger partial charge in [-0.25, -0.2) is 4.79 Å². The fourth-order valence-electron chi connectivity index (χ4n) is 3.73. The van der Waals surface area contributed by atoms with Crippen LogP contribution in [0.3, 0.4) is 0 Å². The fourth-order valence-corrected chi connectivity index (χ4v) is 3.73. The van der Waals surface area contributed by atoms with Crippen LogP contribution in [0.1, 0.15) is 30.1 Å². The molecule has 7 nitrogen and oxygen atoms in total. The van der Waals surface area contributed by atoms with E-state index in [0.29, 0.717) is 24.2 Å². The minimum atomic E-state index is -1.04. The van der Waals surface area contributed by atoms with Crippen LogP contribution in [0.2, 0.25) is 0 Å². The van der Waals surface area contributed by atoms with E-state index < -0.39 is 17.7 Å². The van der Waals surface area contributed by atoms with Gasteiger partial charge in [0.1, 0.15) is 11.5 Å². The Balaban J connectivity index is 1.95. The zero-order chi connectivity index (χ0) is 18.0. The Hall–Kier alpha value is -2.12. The molecule has 25 heavy (non-hydrogen) atoms. The van der Waals surface area contributed by atoms with E-state index in [9.17, 15) is 14.7 Å². The number of benzene rings is 1. The van der Waals surface area contributed by atoms with Gasteiger partial charge in [-0.05, 0) is 18.7 Å². The molecule has 2 heterocycles. The lowest BCUT2D eigenvalue weighted by atomic mass is 9.96. The van der Waals surface area contributed by atoms with Crippen LogP contribution in [0.4, 0.5) is 0 Å². The van der Waals surface area contributed by atoms with Gasteiger partial charge in [-0.2, -0.15) is 0 Å². The smallest absolute Gasteiger partial charge is 0.328 e. The number of likely N-dealkylation sites (tertiary alicyclic amines) is 1. The van der Waals surface area contributed by atoms with Gasteiger partial charge in [0.25, 0.3) is 5.91 Å². The van der Waals surface area contributed by atoms with Gasteiger partial charge in [0, 0.05) is 25.9 Å². The number of carbonyl (C=O) groups is 2. The number of rotatable bonds is 4. The summed E-state index contributed by atoms with van der Waals surface area (Å²) < 4.78 is 11.2. The number of carbonyl (C=O) groups excluding carboxylic acids is 1. The van der Waals surface area contributed by atoms with Crippen LogP contribution in [-0.4, -0.2) is 71.9 Å². The van der Waals surface area contributed by atoms with Gasteiger partial charge >= 0.3 is 5.97 Å². The van der Waals surface area contributed by atoms with Crippen molar-refractivity contribution in [3.05, 3.63) is 29.8 Å². The molecule has 1 unspecified atom stereocenters. The molecule has 2 saturated heterocycles. The second kappa shape index (κ2) is 7.01. The predicted molar refractivity (Wildman–Crippen MR) is 90.6 cm³/mol. The third kappa shape index (κ3) is 3.09. The number of hydrogen-bond donors (Lipinski definition) is 1. The average Bonchev–Trinajstić information content (AvgIpc) is 3.01. The van der Waals surface area contributed by atoms with Crippen molar-refractivity contribution in [1.82, 2.24) is 9.80 Å². The molecule has 2 fully saturated rings. The standard InChI is InChI=1S/C18H24N2O5/c1-3-19-10-8-18(9-11-19)20(14(12-25-18)17(22)23)16(21)13-6-4-5-7-15(13)24-2/h4-7,14H,3,8-12H2,1-2H3,(H,22,23). The molecule has 1 atom stereocenters. The molecule has 0 aromatic heterocycles. The Morgan fingerprint density at radius 1 is 1.32 bits per heavy atom. The number of hydrogen-bond acceptors (Lipinski definition) is 5. The van der Waals surface area contributed by atoms with Gasteiger partial charge in [0.05, 0.1) is 19.3 Å². The van der Waals surface area contributed by atoms with Gasteiger partial charge in [0.2, 0.25) is 0 Å². The molecule has 7 heteroatoms. The summed E-state index contributed by atoms with van der Waals surface area (Å²) in [6.07, 6.45) is 1.21. The third-order valence-electron chi connectivity index (χ3n) is 5.19. The van der Waals surface area contributed by atoms with Crippen LogP contribution in [0.5, 0.6) is 5.75 Å². The minimum Gasteiger partial charge on any atom is -0.496 e. The summed E-state index contributed by atoms with van der Waals surface area (Å²) >= 11 is 0. The van der Waals surface area contributed by atoms with E-state index in [1.54, 1.807) is 24.3 Å². The average molecular weight is 348 g/mol. The number of methoxy groups -OCH3 is 1. The number of nitrogens with zero attached hydrogens (tertiary/aromatic N) is 2. The molecule has 0 radical (unpaired) electrons. The highest BCUT2D eigenvalue weighted by atomic mass is 16.5. The molecule has 3 rings (SSSR count). The van der Waals surface area contributed by atoms with Crippen LogP contribution < -0.4 is 4.74 Å². The number of aliphatic carboxylic acids is 1. The summed E-state index contributed by atoms with van der Waals surface area (Å²) in [7, 11) is 1.50. The second-order valence-corrected chi connectivity index (χ2v) is 6.42. The largest absolute Gasteiger partial charge is 0.496 e. The Labute approximate surface area is 147 Å². The topological polar surface area (TPSA) is 79.3 Å². The van der Waals surface area contributed by atoms with Crippen molar-refractivity contribution in [2.75, 3.05) is 33.4 Å². The normalized spacial score (nSPS) is 23.0.